The Morgan fingerprint density at radius 3 is 2.29 bits per heavy atom. The molecule has 1 saturated carbocycles. The zero-order valence-electron chi connectivity index (χ0n) is 9.73. The lowest BCUT2D eigenvalue weighted by molar-refractivity contribution is -0.134. The lowest BCUT2D eigenvalue weighted by atomic mass is 9.75. The minimum absolute atomic E-state index is 0.223. The summed E-state index contributed by atoms with van der Waals surface area (Å²) >= 11 is 0. The van der Waals surface area contributed by atoms with Gasteiger partial charge in [-0.25, -0.2) is 0 Å². The van der Waals surface area contributed by atoms with Crippen molar-refractivity contribution in [2.75, 3.05) is 0 Å². The van der Waals surface area contributed by atoms with Gasteiger partial charge in [0.05, 0.1) is 0 Å². The normalized spacial score (nSPS) is 23.7. The average Bonchev–Trinajstić information content (AvgIpc) is 2.72. The first-order valence-electron chi connectivity index (χ1n) is 5.73. The number of carbonyl (C=O) groups is 3. The van der Waals surface area contributed by atoms with Gasteiger partial charge < -0.3 is 0 Å². The van der Waals surface area contributed by atoms with Gasteiger partial charge in [0.2, 0.25) is 0 Å². The summed E-state index contributed by atoms with van der Waals surface area (Å²) in [5.74, 6) is -0.888. The number of benzene rings is 1. The summed E-state index contributed by atoms with van der Waals surface area (Å²) in [5, 5.41) is 0. The van der Waals surface area contributed by atoms with Crippen molar-refractivity contribution in [2.45, 2.75) is 26.2 Å². The zero-order chi connectivity index (χ0) is 12.5. The Bertz CT molecular complexity index is 476. The zero-order valence-corrected chi connectivity index (χ0v) is 9.73. The molecule has 3 heteroatoms. The lowest BCUT2D eigenvalue weighted by Gasteiger charge is -2.22. The van der Waals surface area contributed by atoms with Gasteiger partial charge in [-0.1, -0.05) is 30.3 Å². The second-order valence-electron chi connectivity index (χ2n) is 4.43. The highest BCUT2D eigenvalue weighted by molar-refractivity contribution is 6.29. The molecule has 3 nitrogen and oxygen atoms in total. The molecule has 1 atom stereocenters. The first kappa shape index (κ1) is 11.7. The van der Waals surface area contributed by atoms with Crippen molar-refractivity contribution in [1.82, 2.24) is 0 Å². The van der Waals surface area contributed by atoms with Crippen LogP contribution in [0.5, 0.6) is 0 Å². The first-order chi connectivity index (χ1) is 8.09. The average molecular weight is 230 g/mol. The smallest absolute Gasteiger partial charge is 0.183 e. The summed E-state index contributed by atoms with van der Waals surface area (Å²) in [7, 11) is 0. The third kappa shape index (κ3) is 1.71. The summed E-state index contributed by atoms with van der Waals surface area (Å²) in [6.45, 7) is 1.34. The fourth-order valence-corrected chi connectivity index (χ4v) is 2.48. The van der Waals surface area contributed by atoms with Gasteiger partial charge in [-0.15, -0.1) is 0 Å². The molecule has 0 N–H and O–H groups in total. The molecule has 1 aliphatic carbocycles. The topological polar surface area (TPSA) is 51.2 Å². The molecule has 2 rings (SSSR count). The van der Waals surface area contributed by atoms with Gasteiger partial charge in [-0.05, 0) is 19.8 Å². The molecule has 0 bridgehead atoms. The summed E-state index contributed by atoms with van der Waals surface area (Å²) in [5.41, 5.74) is -0.959. The van der Waals surface area contributed by atoms with Gasteiger partial charge in [-0.2, -0.15) is 0 Å². The lowest BCUT2D eigenvalue weighted by Crippen LogP contribution is -2.41. The predicted molar refractivity (Wildman–Crippen MR) is 62.7 cm³/mol. The van der Waals surface area contributed by atoms with E-state index in [1.165, 1.54) is 6.92 Å². The molecule has 0 radical (unpaired) electrons. The second-order valence-corrected chi connectivity index (χ2v) is 4.43. The maximum Gasteiger partial charge on any atom is 0.183 e. The van der Waals surface area contributed by atoms with E-state index in [1.54, 1.807) is 30.3 Å². The highest BCUT2D eigenvalue weighted by atomic mass is 16.2. The van der Waals surface area contributed by atoms with E-state index in [0.29, 0.717) is 24.8 Å². The molecule has 1 aliphatic rings. The molecule has 0 saturated heterocycles. The highest BCUT2D eigenvalue weighted by Gasteiger charge is 2.52. The monoisotopic (exact) mass is 230 g/mol. The summed E-state index contributed by atoms with van der Waals surface area (Å²) in [6.07, 6.45) is 1.31. The molecule has 0 heterocycles. The van der Waals surface area contributed by atoms with Crippen LogP contribution in [-0.2, 0) is 9.59 Å². The molecule has 0 aromatic heterocycles. The molecule has 1 unspecified atom stereocenters. The Morgan fingerprint density at radius 2 is 1.82 bits per heavy atom. The van der Waals surface area contributed by atoms with Gasteiger partial charge in [0, 0.05) is 12.0 Å². The fraction of sp³-hybridized carbons (Fsp3) is 0.357. The predicted octanol–water partition coefficient (Wildman–Crippen LogP) is 2.20. The van der Waals surface area contributed by atoms with E-state index in [9.17, 15) is 14.4 Å². The Morgan fingerprint density at radius 1 is 1.18 bits per heavy atom. The molecule has 1 fully saturated rings. The maximum absolute atomic E-state index is 12.4. The number of hydrogen-bond donors (Lipinski definition) is 0. The van der Waals surface area contributed by atoms with E-state index in [-0.39, 0.29) is 17.3 Å². The molecular weight excluding hydrogens is 216 g/mol. The van der Waals surface area contributed by atoms with Gasteiger partial charge in [0.25, 0.3) is 0 Å². The molecule has 88 valence electrons. The van der Waals surface area contributed by atoms with E-state index in [1.807, 2.05) is 0 Å². The van der Waals surface area contributed by atoms with E-state index < -0.39 is 5.41 Å². The van der Waals surface area contributed by atoms with Gasteiger partial charge in [0.1, 0.15) is 5.41 Å². The van der Waals surface area contributed by atoms with Crippen molar-refractivity contribution in [3.8, 4) is 0 Å². The van der Waals surface area contributed by atoms with Crippen molar-refractivity contribution >= 4 is 17.3 Å². The van der Waals surface area contributed by atoms with E-state index in [4.69, 9.17) is 0 Å². The number of carbonyl (C=O) groups excluding carboxylic acids is 3. The maximum atomic E-state index is 12.4. The first-order valence-corrected chi connectivity index (χ1v) is 5.73. The van der Waals surface area contributed by atoms with Crippen molar-refractivity contribution in [3.63, 3.8) is 0 Å². The number of ketones is 3. The molecule has 0 aliphatic heterocycles. The van der Waals surface area contributed by atoms with Crippen molar-refractivity contribution in [2.24, 2.45) is 5.41 Å². The van der Waals surface area contributed by atoms with Crippen LogP contribution in [0.1, 0.15) is 36.5 Å². The molecule has 0 amide bonds. The number of hydrogen-bond acceptors (Lipinski definition) is 3. The van der Waals surface area contributed by atoms with Crippen molar-refractivity contribution < 1.29 is 14.4 Å². The second kappa shape index (κ2) is 4.24. The summed E-state index contributed by atoms with van der Waals surface area (Å²) < 4.78 is 0. The third-order valence-corrected chi connectivity index (χ3v) is 3.46. The number of Topliss-reactive ketones (excluding diaryl/α,β-unsaturated/α-hetero) is 3. The van der Waals surface area contributed by atoms with Gasteiger partial charge >= 0.3 is 0 Å². The number of rotatable bonds is 3. The quantitative estimate of drug-likeness (QED) is 0.590. The van der Waals surface area contributed by atoms with E-state index in [2.05, 4.69) is 0 Å². The summed E-state index contributed by atoms with van der Waals surface area (Å²) in [4.78, 5) is 36.0. The van der Waals surface area contributed by atoms with Crippen LogP contribution in [0.15, 0.2) is 30.3 Å². The largest absolute Gasteiger partial charge is 0.298 e. The van der Waals surface area contributed by atoms with Crippen LogP contribution in [0.25, 0.3) is 0 Å². The molecule has 1 aromatic carbocycles. The van der Waals surface area contributed by atoms with Crippen LogP contribution in [0.4, 0.5) is 0 Å². The SMILES string of the molecule is CC(=O)C1(C(=O)c2ccccc2)CCCC1=O. The Hall–Kier alpha value is -1.77. The summed E-state index contributed by atoms with van der Waals surface area (Å²) in [6, 6.07) is 8.58. The van der Waals surface area contributed by atoms with Crippen LogP contribution >= 0.6 is 0 Å². The standard InChI is InChI=1S/C14H14O3/c1-10(15)14(9-5-8-12(14)16)13(17)11-6-3-2-4-7-11/h2-4,6-7H,5,8-9H2,1H3. The van der Waals surface area contributed by atoms with Crippen molar-refractivity contribution in [1.29, 1.82) is 0 Å². The molecular formula is C14H14O3. The third-order valence-electron chi connectivity index (χ3n) is 3.46. The minimum atomic E-state index is -1.40. The fourth-order valence-electron chi connectivity index (χ4n) is 2.48. The van der Waals surface area contributed by atoms with Crippen LogP contribution in [0, 0.1) is 5.41 Å². The highest BCUT2D eigenvalue weighted by Crippen LogP contribution is 2.38. The van der Waals surface area contributed by atoms with Crippen LogP contribution < -0.4 is 0 Å². The Balaban J connectivity index is 2.46. The van der Waals surface area contributed by atoms with Crippen molar-refractivity contribution in [3.05, 3.63) is 35.9 Å². The van der Waals surface area contributed by atoms with Crippen LogP contribution in [-0.4, -0.2) is 17.3 Å². The van der Waals surface area contributed by atoms with E-state index >= 15 is 0 Å². The van der Waals surface area contributed by atoms with Crippen LogP contribution in [0.3, 0.4) is 0 Å². The van der Waals surface area contributed by atoms with Crippen LogP contribution in [0.2, 0.25) is 0 Å². The Labute approximate surface area is 99.8 Å². The van der Waals surface area contributed by atoms with Gasteiger partial charge in [0.15, 0.2) is 17.3 Å². The van der Waals surface area contributed by atoms with E-state index in [0.717, 1.165) is 0 Å². The van der Waals surface area contributed by atoms with Gasteiger partial charge in [-0.3, -0.25) is 14.4 Å². The molecule has 17 heavy (non-hydrogen) atoms. The minimum Gasteiger partial charge on any atom is -0.298 e. The molecule has 1 aromatic rings. The molecule has 0 spiro atoms. The Kier molecular flexibility index (Phi) is 2.92.